The molecule has 5 heteroatoms. The zero-order valence-corrected chi connectivity index (χ0v) is 10.1. The standard InChI is InChI=1S/C15H8F3NO/c16-11-5-4-8(6-13(11)18)14-10(7-20)9-2-1-3-12(17)15(9)19-14/h1-7,19H. The largest absolute Gasteiger partial charge is 0.352 e. The van der Waals surface area contributed by atoms with Gasteiger partial charge in [-0.25, -0.2) is 13.2 Å². The van der Waals surface area contributed by atoms with E-state index in [2.05, 4.69) is 4.98 Å². The Morgan fingerprint density at radius 3 is 2.45 bits per heavy atom. The molecular formula is C15H8F3NO. The number of carbonyl (C=O) groups is 1. The molecule has 1 heterocycles. The Morgan fingerprint density at radius 1 is 0.950 bits per heavy atom. The number of hydrogen-bond acceptors (Lipinski definition) is 1. The van der Waals surface area contributed by atoms with E-state index in [1.807, 2.05) is 0 Å². The van der Waals surface area contributed by atoms with Gasteiger partial charge < -0.3 is 4.98 Å². The summed E-state index contributed by atoms with van der Waals surface area (Å²) < 4.78 is 39.9. The van der Waals surface area contributed by atoms with Crippen molar-refractivity contribution in [2.75, 3.05) is 0 Å². The topological polar surface area (TPSA) is 32.9 Å². The predicted molar refractivity (Wildman–Crippen MR) is 69.0 cm³/mol. The van der Waals surface area contributed by atoms with Gasteiger partial charge in [-0.1, -0.05) is 12.1 Å². The third kappa shape index (κ3) is 1.79. The fourth-order valence-corrected chi connectivity index (χ4v) is 2.20. The van der Waals surface area contributed by atoms with Crippen molar-refractivity contribution in [1.29, 1.82) is 0 Å². The number of para-hydroxylation sites is 1. The van der Waals surface area contributed by atoms with E-state index >= 15 is 0 Å². The number of benzene rings is 2. The molecule has 0 fully saturated rings. The van der Waals surface area contributed by atoms with Crippen LogP contribution in [0.2, 0.25) is 0 Å². The van der Waals surface area contributed by atoms with Crippen LogP contribution in [0.5, 0.6) is 0 Å². The molecule has 0 unspecified atom stereocenters. The highest BCUT2D eigenvalue weighted by molar-refractivity contribution is 6.04. The van der Waals surface area contributed by atoms with E-state index in [1.165, 1.54) is 18.2 Å². The maximum atomic E-state index is 13.7. The smallest absolute Gasteiger partial charge is 0.159 e. The lowest BCUT2D eigenvalue weighted by Gasteiger charge is -2.00. The number of halogens is 3. The molecule has 100 valence electrons. The maximum Gasteiger partial charge on any atom is 0.159 e. The number of carbonyl (C=O) groups excluding carboxylic acids is 1. The van der Waals surface area contributed by atoms with Crippen LogP contribution >= 0.6 is 0 Å². The van der Waals surface area contributed by atoms with Gasteiger partial charge >= 0.3 is 0 Å². The Morgan fingerprint density at radius 2 is 1.75 bits per heavy atom. The van der Waals surface area contributed by atoms with Crippen molar-refractivity contribution in [2.45, 2.75) is 0 Å². The monoisotopic (exact) mass is 275 g/mol. The molecule has 0 spiro atoms. The average molecular weight is 275 g/mol. The number of fused-ring (bicyclic) bond motifs is 1. The number of aldehydes is 1. The molecule has 0 saturated carbocycles. The Balaban J connectivity index is 2.33. The van der Waals surface area contributed by atoms with Crippen molar-refractivity contribution in [3.63, 3.8) is 0 Å². The molecule has 0 atom stereocenters. The number of aromatic nitrogens is 1. The van der Waals surface area contributed by atoms with Gasteiger partial charge in [0.1, 0.15) is 5.82 Å². The van der Waals surface area contributed by atoms with Gasteiger partial charge in [-0.2, -0.15) is 0 Å². The molecule has 3 rings (SSSR count). The Labute approximate surface area is 111 Å². The lowest BCUT2D eigenvalue weighted by Crippen LogP contribution is -1.88. The zero-order chi connectivity index (χ0) is 14.3. The first-order valence-corrected chi connectivity index (χ1v) is 5.82. The minimum atomic E-state index is -1.03. The molecule has 0 bridgehead atoms. The average Bonchev–Trinajstić information content (AvgIpc) is 2.82. The summed E-state index contributed by atoms with van der Waals surface area (Å²) in [4.78, 5) is 14.0. The summed E-state index contributed by atoms with van der Waals surface area (Å²) in [6.07, 6.45) is 0.564. The Kier molecular flexibility index (Phi) is 2.82. The van der Waals surface area contributed by atoms with Crippen molar-refractivity contribution in [2.24, 2.45) is 0 Å². The van der Waals surface area contributed by atoms with Gasteiger partial charge in [0, 0.05) is 16.5 Å². The van der Waals surface area contributed by atoms with Gasteiger partial charge in [-0.05, 0) is 24.3 Å². The van der Waals surface area contributed by atoms with Crippen LogP contribution in [0, 0.1) is 17.5 Å². The molecule has 20 heavy (non-hydrogen) atoms. The van der Waals surface area contributed by atoms with Crippen molar-refractivity contribution >= 4 is 17.2 Å². The van der Waals surface area contributed by atoms with E-state index in [-0.39, 0.29) is 22.3 Å². The Hall–Kier alpha value is -2.56. The van der Waals surface area contributed by atoms with E-state index < -0.39 is 17.5 Å². The number of aromatic amines is 1. The fraction of sp³-hybridized carbons (Fsp3) is 0. The van der Waals surface area contributed by atoms with Gasteiger partial charge in [-0.15, -0.1) is 0 Å². The third-order valence-corrected chi connectivity index (χ3v) is 3.15. The van der Waals surface area contributed by atoms with E-state index in [1.54, 1.807) is 6.07 Å². The Bertz CT molecular complexity index is 823. The first-order valence-electron chi connectivity index (χ1n) is 5.82. The summed E-state index contributed by atoms with van der Waals surface area (Å²) in [5.41, 5.74) is 0.917. The molecule has 0 radical (unpaired) electrons. The van der Waals surface area contributed by atoms with Gasteiger partial charge in [0.2, 0.25) is 0 Å². The quantitative estimate of drug-likeness (QED) is 0.703. The molecule has 0 aliphatic carbocycles. The highest BCUT2D eigenvalue weighted by atomic mass is 19.2. The second-order valence-corrected chi connectivity index (χ2v) is 4.32. The molecule has 0 saturated heterocycles. The van der Waals surface area contributed by atoms with Crippen molar-refractivity contribution in [3.8, 4) is 11.3 Å². The minimum absolute atomic E-state index is 0.161. The number of rotatable bonds is 2. The summed E-state index contributed by atoms with van der Waals surface area (Å²) in [6, 6.07) is 7.57. The van der Waals surface area contributed by atoms with E-state index in [0.29, 0.717) is 11.7 Å². The maximum absolute atomic E-state index is 13.7. The number of nitrogens with one attached hydrogen (secondary N) is 1. The molecule has 0 aliphatic rings. The van der Waals surface area contributed by atoms with Crippen molar-refractivity contribution in [1.82, 2.24) is 4.98 Å². The van der Waals surface area contributed by atoms with Crippen molar-refractivity contribution in [3.05, 3.63) is 59.4 Å². The van der Waals surface area contributed by atoms with Crippen LogP contribution in [0.4, 0.5) is 13.2 Å². The molecule has 2 aromatic carbocycles. The van der Waals surface area contributed by atoms with Gasteiger partial charge in [0.15, 0.2) is 17.9 Å². The second-order valence-electron chi connectivity index (χ2n) is 4.32. The first kappa shape index (κ1) is 12.5. The van der Waals surface area contributed by atoms with Crippen LogP contribution in [0.25, 0.3) is 22.2 Å². The summed E-state index contributed by atoms with van der Waals surface area (Å²) in [5.74, 6) is -2.53. The second kappa shape index (κ2) is 4.52. The lowest BCUT2D eigenvalue weighted by atomic mass is 10.1. The van der Waals surface area contributed by atoms with Gasteiger partial charge in [0.25, 0.3) is 0 Å². The molecule has 3 aromatic rings. The fourth-order valence-electron chi connectivity index (χ4n) is 2.20. The van der Waals surface area contributed by atoms with Crippen LogP contribution in [-0.4, -0.2) is 11.3 Å². The number of hydrogen-bond donors (Lipinski definition) is 1. The van der Waals surface area contributed by atoms with E-state index in [4.69, 9.17) is 0 Å². The molecule has 1 aromatic heterocycles. The summed E-state index contributed by atoms with van der Waals surface area (Å²) in [5, 5.41) is 0.403. The zero-order valence-electron chi connectivity index (χ0n) is 10.1. The highest BCUT2D eigenvalue weighted by Gasteiger charge is 2.16. The third-order valence-electron chi connectivity index (χ3n) is 3.15. The van der Waals surface area contributed by atoms with Crippen LogP contribution in [0.1, 0.15) is 10.4 Å². The normalized spacial score (nSPS) is 10.9. The molecule has 1 N–H and O–H groups in total. The van der Waals surface area contributed by atoms with Crippen LogP contribution in [0.15, 0.2) is 36.4 Å². The first-order chi connectivity index (χ1) is 9.61. The van der Waals surface area contributed by atoms with Crippen LogP contribution in [-0.2, 0) is 0 Å². The summed E-state index contributed by atoms with van der Waals surface area (Å²) >= 11 is 0. The molecule has 0 aliphatic heterocycles. The lowest BCUT2D eigenvalue weighted by molar-refractivity contribution is 0.112. The minimum Gasteiger partial charge on any atom is -0.352 e. The van der Waals surface area contributed by atoms with E-state index in [9.17, 15) is 18.0 Å². The number of H-pyrrole nitrogens is 1. The van der Waals surface area contributed by atoms with Gasteiger partial charge in [0.05, 0.1) is 11.2 Å². The predicted octanol–water partition coefficient (Wildman–Crippen LogP) is 4.06. The summed E-state index contributed by atoms with van der Waals surface area (Å²) in [7, 11) is 0. The highest BCUT2D eigenvalue weighted by Crippen LogP contribution is 2.31. The SMILES string of the molecule is O=Cc1c(-c2ccc(F)c(F)c2)[nH]c2c(F)cccc12. The molecule has 2 nitrogen and oxygen atoms in total. The molecule has 0 amide bonds. The van der Waals surface area contributed by atoms with Crippen LogP contribution < -0.4 is 0 Å². The van der Waals surface area contributed by atoms with Gasteiger partial charge in [-0.3, -0.25) is 4.79 Å². The molecular weight excluding hydrogens is 267 g/mol. The van der Waals surface area contributed by atoms with Crippen molar-refractivity contribution < 1.29 is 18.0 Å². The van der Waals surface area contributed by atoms with Crippen LogP contribution in [0.3, 0.4) is 0 Å². The summed E-state index contributed by atoms with van der Waals surface area (Å²) in [6.45, 7) is 0. The van der Waals surface area contributed by atoms with E-state index in [0.717, 1.165) is 12.1 Å².